The van der Waals surface area contributed by atoms with E-state index < -0.39 is 15.6 Å². The van der Waals surface area contributed by atoms with Crippen molar-refractivity contribution < 1.29 is 8.42 Å². The molecule has 14 heavy (non-hydrogen) atoms. The highest BCUT2D eigenvalue weighted by molar-refractivity contribution is 7.89. The molecule has 0 radical (unpaired) electrons. The van der Waals surface area contributed by atoms with Crippen LogP contribution in [0.2, 0.25) is 0 Å². The van der Waals surface area contributed by atoms with Gasteiger partial charge in [0.15, 0.2) is 5.03 Å². The van der Waals surface area contributed by atoms with E-state index in [-0.39, 0.29) is 5.03 Å². The molecule has 0 atom stereocenters. The van der Waals surface area contributed by atoms with Crippen molar-refractivity contribution in [2.75, 3.05) is 0 Å². The molecule has 74 valence electrons. The summed E-state index contributed by atoms with van der Waals surface area (Å²) in [5.74, 6) is 0. The Kier molecular flexibility index (Phi) is 1.83. The van der Waals surface area contributed by atoms with E-state index in [0.717, 1.165) is 0 Å². The molecule has 1 saturated carbocycles. The Morgan fingerprint density at radius 1 is 1.64 bits per heavy atom. The minimum Gasteiger partial charge on any atom is -0.335 e. The topological polar surface area (TPSA) is 98.6 Å². The fourth-order valence-corrected chi connectivity index (χ4v) is 2.35. The third-order valence-electron chi connectivity index (χ3n) is 2.06. The van der Waals surface area contributed by atoms with Gasteiger partial charge in [0.2, 0.25) is 0 Å². The second-order valence-corrected chi connectivity index (χ2v) is 4.87. The molecule has 1 fully saturated rings. The van der Waals surface area contributed by atoms with E-state index in [2.05, 4.69) is 14.7 Å². The Bertz CT molecular complexity index is 466. The number of hydrogen-bond donors (Lipinski definition) is 2. The van der Waals surface area contributed by atoms with E-state index in [4.69, 9.17) is 5.26 Å². The van der Waals surface area contributed by atoms with Crippen LogP contribution in [0.3, 0.4) is 0 Å². The molecule has 0 aliphatic heterocycles. The van der Waals surface area contributed by atoms with Crippen LogP contribution in [0, 0.1) is 11.3 Å². The van der Waals surface area contributed by atoms with Crippen molar-refractivity contribution in [3.05, 3.63) is 12.5 Å². The summed E-state index contributed by atoms with van der Waals surface area (Å²) < 4.78 is 25.5. The van der Waals surface area contributed by atoms with E-state index >= 15 is 0 Å². The second-order valence-electron chi connectivity index (χ2n) is 3.22. The van der Waals surface area contributed by atoms with Gasteiger partial charge in [-0.05, 0) is 12.8 Å². The highest BCUT2D eigenvalue weighted by Gasteiger charge is 2.47. The van der Waals surface area contributed by atoms with Gasteiger partial charge in [0.05, 0.1) is 18.6 Å². The van der Waals surface area contributed by atoms with E-state index in [1.54, 1.807) is 0 Å². The van der Waals surface area contributed by atoms with Gasteiger partial charge in [-0.25, -0.2) is 13.4 Å². The van der Waals surface area contributed by atoms with Crippen LogP contribution in [0.25, 0.3) is 0 Å². The number of H-pyrrole nitrogens is 1. The van der Waals surface area contributed by atoms with Crippen molar-refractivity contribution in [3.63, 3.8) is 0 Å². The number of imidazole rings is 1. The Hall–Kier alpha value is -1.39. The highest BCUT2D eigenvalue weighted by atomic mass is 32.2. The van der Waals surface area contributed by atoms with Gasteiger partial charge >= 0.3 is 0 Å². The first-order valence-corrected chi connectivity index (χ1v) is 5.50. The van der Waals surface area contributed by atoms with Crippen molar-refractivity contribution in [3.8, 4) is 6.07 Å². The molecule has 6 nitrogen and oxygen atoms in total. The molecule has 0 amide bonds. The Morgan fingerprint density at radius 2 is 2.36 bits per heavy atom. The molecule has 1 aromatic rings. The fourth-order valence-electron chi connectivity index (χ4n) is 1.06. The summed E-state index contributed by atoms with van der Waals surface area (Å²) in [6.45, 7) is 0. The van der Waals surface area contributed by atoms with Crippen molar-refractivity contribution in [2.24, 2.45) is 0 Å². The summed E-state index contributed by atoms with van der Waals surface area (Å²) in [6, 6.07) is 1.95. The van der Waals surface area contributed by atoms with Gasteiger partial charge in [-0.3, -0.25) is 0 Å². The lowest BCUT2D eigenvalue weighted by molar-refractivity contribution is 0.567. The number of sulfonamides is 1. The van der Waals surface area contributed by atoms with Crippen molar-refractivity contribution in [1.82, 2.24) is 14.7 Å². The van der Waals surface area contributed by atoms with Gasteiger partial charge < -0.3 is 4.98 Å². The zero-order valence-electron chi connectivity index (χ0n) is 7.19. The number of nitrogens with zero attached hydrogens (tertiary/aromatic N) is 2. The van der Waals surface area contributed by atoms with Gasteiger partial charge in [0.25, 0.3) is 10.0 Å². The molecule has 0 aromatic carbocycles. The molecule has 1 aliphatic carbocycles. The molecule has 1 heterocycles. The molecule has 0 unspecified atom stereocenters. The quantitative estimate of drug-likeness (QED) is 0.721. The SMILES string of the molecule is N#CC1(NS(=O)(=O)c2cnc[nH]2)CC1. The number of aromatic amines is 1. The average molecular weight is 212 g/mol. The molecule has 0 saturated heterocycles. The van der Waals surface area contributed by atoms with Crippen molar-refractivity contribution in [2.45, 2.75) is 23.4 Å². The monoisotopic (exact) mass is 212 g/mol. The van der Waals surface area contributed by atoms with E-state index in [1.807, 2.05) is 6.07 Å². The molecular formula is C7H8N4O2S. The third kappa shape index (κ3) is 1.49. The first-order chi connectivity index (χ1) is 6.58. The van der Waals surface area contributed by atoms with Crippen molar-refractivity contribution in [1.29, 1.82) is 5.26 Å². The lowest BCUT2D eigenvalue weighted by atomic mass is 10.3. The molecule has 1 aliphatic rings. The summed E-state index contributed by atoms with van der Waals surface area (Å²) in [7, 11) is -3.61. The van der Waals surface area contributed by atoms with Crippen LogP contribution < -0.4 is 4.72 Å². The molecule has 7 heteroatoms. The van der Waals surface area contributed by atoms with Crippen LogP contribution in [0.5, 0.6) is 0 Å². The predicted octanol–water partition coefficient (Wildman–Crippen LogP) is -0.256. The number of hydrogen-bond acceptors (Lipinski definition) is 4. The van der Waals surface area contributed by atoms with Gasteiger partial charge in [-0.15, -0.1) is 0 Å². The second kappa shape index (κ2) is 2.80. The van der Waals surface area contributed by atoms with Crippen LogP contribution in [0.4, 0.5) is 0 Å². The maximum Gasteiger partial charge on any atom is 0.258 e. The van der Waals surface area contributed by atoms with Crippen LogP contribution in [0.1, 0.15) is 12.8 Å². The van der Waals surface area contributed by atoms with Gasteiger partial charge in [0.1, 0.15) is 5.54 Å². The molecule has 1 aromatic heterocycles. The zero-order valence-corrected chi connectivity index (χ0v) is 8.00. The first kappa shape index (κ1) is 9.18. The number of nitrogens with one attached hydrogen (secondary N) is 2. The van der Waals surface area contributed by atoms with Crippen LogP contribution >= 0.6 is 0 Å². The van der Waals surface area contributed by atoms with Gasteiger partial charge in [-0.1, -0.05) is 0 Å². The Balaban J connectivity index is 2.24. The third-order valence-corrected chi connectivity index (χ3v) is 3.52. The van der Waals surface area contributed by atoms with Crippen molar-refractivity contribution >= 4 is 10.0 Å². The standard InChI is InChI=1S/C7H8N4O2S/c8-4-7(1-2-7)11-14(12,13)6-3-9-5-10-6/h3,5,11H,1-2H2,(H,9,10). The molecule has 0 bridgehead atoms. The number of aromatic nitrogens is 2. The number of nitriles is 1. The van der Waals surface area contributed by atoms with Crippen LogP contribution in [0.15, 0.2) is 17.6 Å². The fraction of sp³-hybridized carbons (Fsp3) is 0.429. The zero-order chi connectivity index (χ0) is 10.2. The molecule has 2 N–H and O–H groups in total. The highest BCUT2D eigenvalue weighted by Crippen LogP contribution is 2.35. The van der Waals surface area contributed by atoms with Gasteiger partial charge in [0, 0.05) is 0 Å². The van der Waals surface area contributed by atoms with E-state index in [1.165, 1.54) is 12.5 Å². The summed E-state index contributed by atoms with van der Waals surface area (Å²) in [6.07, 6.45) is 3.62. The van der Waals surface area contributed by atoms with Crippen LogP contribution in [-0.2, 0) is 10.0 Å². The Labute approximate surface area is 81.0 Å². The smallest absolute Gasteiger partial charge is 0.258 e. The summed E-state index contributed by atoms with van der Waals surface area (Å²) >= 11 is 0. The average Bonchev–Trinajstić information content (AvgIpc) is 2.70. The Morgan fingerprint density at radius 3 is 2.79 bits per heavy atom. The summed E-state index contributed by atoms with van der Waals surface area (Å²) in [5, 5.41) is 8.70. The molecular weight excluding hydrogens is 204 g/mol. The molecule has 0 spiro atoms. The lowest BCUT2D eigenvalue weighted by Crippen LogP contribution is -2.35. The minimum atomic E-state index is -3.61. The van der Waals surface area contributed by atoms with Crippen LogP contribution in [-0.4, -0.2) is 23.9 Å². The molecule has 2 rings (SSSR count). The van der Waals surface area contributed by atoms with Gasteiger partial charge in [-0.2, -0.15) is 9.98 Å². The minimum absolute atomic E-state index is 0.0148. The largest absolute Gasteiger partial charge is 0.335 e. The van der Waals surface area contributed by atoms with E-state index in [9.17, 15) is 8.42 Å². The summed E-state index contributed by atoms with van der Waals surface area (Å²) in [4.78, 5) is 6.09. The number of rotatable bonds is 3. The first-order valence-electron chi connectivity index (χ1n) is 4.02. The maximum absolute atomic E-state index is 11.6. The summed E-state index contributed by atoms with van der Waals surface area (Å²) in [5.41, 5.74) is -0.885. The maximum atomic E-state index is 11.6. The normalized spacial score (nSPS) is 18.8. The van der Waals surface area contributed by atoms with E-state index in [0.29, 0.717) is 12.8 Å². The predicted molar refractivity (Wildman–Crippen MR) is 46.5 cm³/mol. The lowest BCUT2D eigenvalue weighted by Gasteiger charge is -2.07.